The number of fused-ring (bicyclic) bond motifs is 1. The van der Waals surface area contributed by atoms with Gasteiger partial charge in [0.1, 0.15) is 5.82 Å². The lowest BCUT2D eigenvalue weighted by Gasteiger charge is -2.17. The Labute approximate surface area is 104 Å². The second-order valence-corrected chi connectivity index (χ2v) is 4.25. The molecule has 0 radical (unpaired) electrons. The van der Waals surface area contributed by atoms with Gasteiger partial charge in [-0.3, -0.25) is 0 Å². The van der Waals surface area contributed by atoms with E-state index in [2.05, 4.69) is 14.9 Å². The van der Waals surface area contributed by atoms with Gasteiger partial charge in [-0.1, -0.05) is 0 Å². The van der Waals surface area contributed by atoms with Gasteiger partial charge in [-0.05, 0) is 18.2 Å². The van der Waals surface area contributed by atoms with Gasteiger partial charge in [0.15, 0.2) is 11.6 Å². The highest BCUT2D eigenvalue weighted by Crippen LogP contribution is 2.26. The Morgan fingerprint density at radius 3 is 3.11 bits per heavy atom. The lowest BCUT2D eigenvalue weighted by atomic mass is 10.2. The van der Waals surface area contributed by atoms with Crippen LogP contribution in [-0.4, -0.2) is 23.2 Å². The fourth-order valence-corrected chi connectivity index (χ4v) is 2.24. The maximum atomic E-state index is 13.7. The third-order valence-corrected chi connectivity index (χ3v) is 3.17. The van der Waals surface area contributed by atoms with Crippen LogP contribution in [0.15, 0.2) is 24.4 Å². The minimum absolute atomic E-state index is 0.255. The molecule has 0 aliphatic carbocycles. The van der Waals surface area contributed by atoms with Crippen LogP contribution < -0.4 is 10.1 Å². The Hall–Kier alpha value is -1.88. The minimum Gasteiger partial charge on any atom is -0.494 e. The van der Waals surface area contributed by atoms with Gasteiger partial charge in [-0.2, -0.15) is 0 Å². The number of benzene rings is 1. The van der Waals surface area contributed by atoms with Gasteiger partial charge >= 0.3 is 0 Å². The Morgan fingerprint density at radius 1 is 1.44 bits per heavy atom. The molecule has 0 amide bonds. The van der Waals surface area contributed by atoms with E-state index in [-0.39, 0.29) is 11.6 Å². The summed E-state index contributed by atoms with van der Waals surface area (Å²) in [4.78, 5) is 4.38. The van der Waals surface area contributed by atoms with Gasteiger partial charge in [-0.15, -0.1) is 0 Å². The van der Waals surface area contributed by atoms with E-state index in [1.807, 2.05) is 12.3 Å². The summed E-state index contributed by atoms with van der Waals surface area (Å²) in [6.45, 7) is 2.58. The Bertz CT molecular complexity index is 580. The smallest absolute Gasteiger partial charge is 0.165 e. The van der Waals surface area contributed by atoms with Crippen molar-refractivity contribution in [2.75, 3.05) is 13.7 Å². The molecule has 0 bridgehead atoms. The van der Waals surface area contributed by atoms with Gasteiger partial charge in [-0.25, -0.2) is 9.37 Å². The fraction of sp³-hybridized carbons (Fsp3) is 0.308. The van der Waals surface area contributed by atoms with Crippen molar-refractivity contribution in [3.8, 4) is 17.1 Å². The number of nitrogens with one attached hydrogen (secondary N) is 1. The summed E-state index contributed by atoms with van der Waals surface area (Å²) in [5.41, 5.74) is 1.91. The number of methoxy groups -OCH3 is 1. The van der Waals surface area contributed by atoms with E-state index in [1.165, 1.54) is 13.2 Å². The first kappa shape index (κ1) is 11.2. The SMILES string of the molecule is COc1ccc(-c2ncc3n2CCNC3)cc1F. The van der Waals surface area contributed by atoms with Gasteiger partial charge in [0.2, 0.25) is 0 Å². The topological polar surface area (TPSA) is 39.1 Å². The van der Waals surface area contributed by atoms with Crippen LogP contribution in [0.5, 0.6) is 5.75 Å². The van der Waals surface area contributed by atoms with Crippen LogP contribution in [0.1, 0.15) is 5.69 Å². The van der Waals surface area contributed by atoms with Crippen molar-refractivity contribution in [1.29, 1.82) is 0 Å². The van der Waals surface area contributed by atoms with E-state index in [0.29, 0.717) is 0 Å². The molecule has 1 aromatic heterocycles. The minimum atomic E-state index is -0.360. The third-order valence-electron chi connectivity index (χ3n) is 3.17. The number of hydrogen-bond donors (Lipinski definition) is 1. The van der Waals surface area contributed by atoms with Crippen LogP contribution in [0.4, 0.5) is 4.39 Å². The fourth-order valence-electron chi connectivity index (χ4n) is 2.24. The van der Waals surface area contributed by atoms with Crippen molar-refractivity contribution in [2.24, 2.45) is 0 Å². The van der Waals surface area contributed by atoms with Gasteiger partial charge in [0, 0.05) is 25.2 Å². The Kier molecular flexibility index (Phi) is 2.76. The van der Waals surface area contributed by atoms with Crippen molar-refractivity contribution in [1.82, 2.24) is 14.9 Å². The van der Waals surface area contributed by atoms with E-state index in [4.69, 9.17) is 4.74 Å². The molecule has 0 spiro atoms. The zero-order valence-corrected chi connectivity index (χ0v) is 10.1. The molecule has 0 saturated heterocycles. The number of hydrogen-bond acceptors (Lipinski definition) is 3. The van der Waals surface area contributed by atoms with Crippen molar-refractivity contribution in [3.63, 3.8) is 0 Å². The van der Waals surface area contributed by atoms with Crippen LogP contribution in [0, 0.1) is 5.82 Å². The van der Waals surface area contributed by atoms with Crippen LogP contribution >= 0.6 is 0 Å². The molecule has 0 atom stereocenters. The van der Waals surface area contributed by atoms with Gasteiger partial charge in [0.05, 0.1) is 19.0 Å². The number of imidazole rings is 1. The number of rotatable bonds is 2. The highest BCUT2D eigenvalue weighted by Gasteiger charge is 2.15. The molecule has 3 rings (SSSR count). The molecule has 2 aromatic rings. The number of nitrogens with zero attached hydrogens (tertiary/aromatic N) is 2. The van der Waals surface area contributed by atoms with E-state index in [9.17, 15) is 4.39 Å². The first-order chi connectivity index (χ1) is 8.79. The average Bonchev–Trinajstić information content (AvgIpc) is 2.82. The normalized spacial score (nSPS) is 14.3. The summed E-state index contributed by atoms with van der Waals surface area (Å²) in [5, 5.41) is 3.28. The highest BCUT2D eigenvalue weighted by molar-refractivity contribution is 5.58. The third kappa shape index (κ3) is 1.76. The molecule has 0 saturated carbocycles. The standard InChI is InChI=1S/C13H14FN3O/c1-18-12-3-2-9(6-11(12)14)13-16-8-10-7-15-4-5-17(10)13/h2-3,6,8,15H,4-5,7H2,1H3. The maximum absolute atomic E-state index is 13.7. The predicted octanol–water partition coefficient (Wildman–Crippen LogP) is 1.80. The second-order valence-electron chi connectivity index (χ2n) is 4.25. The van der Waals surface area contributed by atoms with E-state index >= 15 is 0 Å². The van der Waals surface area contributed by atoms with E-state index in [0.717, 1.165) is 36.7 Å². The monoisotopic (exact) mass is 247 g/mol. The van der Waals surface area contributed by atoms with Crippen LogP contribution in [0.3, 0.4) is 0 Å². The Morgan fingerprint density at radius 2 is 2.33 bits per heavy atom. The number of halogens is 1. The summed E-state index contributed by atoms with van der Waals surface area (Å²) >= 11 is 0. The molecular formula is C13H14FN3O. The lowest BCUT2D eigenvalue weighted by molar-refractivity contribution is 0.386. The molecule has 0 fully saturated rings. The van der Waals surface area contributed by atoms with Crippen molar-refractivity contribution >= 4 is 0 Å². The summed E-state index contributed by atoms with van der Waals surface area (Å²) in [6, 6.07) is 4.93. The molecule has 18 heavy (non-hydrogen) atoms. The molecule has 1 aliphatic rings. The molecule has 0 unspecified atom stereocenters. The van der Waals surface area contributed by atoms with Crippen LogP contribution in [-0.2, 0) is 13.1 Å². The zero-order valence-electron chi connectivity index (χ0n) is 10.1. The molecule has 2 heterocycles. The first-order valence-corrected chi connectivity index (χ1v) is 5.88. The summed E-state index contributed by atoms with van der Waals surface area (Å²) in [5.74, 6) is 0.708. The zero-order chi connectivity index (χ0) is 12.5. The average molecular weight is 247 g/mol. The quantitative estimate of drug-likeness (QED) is 0.879. The summed E-state index contributed by atoms with van der Waals surface area (Å²) in [6.07, 6.45) is 1.84. The van der Waals surface area contributed by atoms with Crippen LogP contribution in [0.2, 0.25) is 0 Å². The molecule has 1 aromatic carbocycles. The molecule has 1 N–H and O–H groups in total. The molecule has 5 heteroatoms. The summed E-state index contributed by atoms with van der Waals surface area (Å²) < 4.78 is 20.7. The number of aromatic nitrogens is 2. The molecular weight excluding hydrogens is 233 g/mol. The van der Waals surface area contributed by atoms with Gasteiger partial charge in [0.25, 0.3) is 0 Å². The van der Waals surface area contributed by atoms with Crippen LogP contribution in [0.25, 0.3) is 11.4 Å². The van der Waals surface area contributed by atoms with E-state index in [1.54, 1.807) is 6.07 Å². The molecule has 94 valence electrons. The van der Waals surface area contributed by atoms with Gasteiger partial charge < -0.3 is 14.6 Å². The maximum Gasteiger partial charge on any atom is 0.165 e. The largest absolute Gasteiger partial charge is 0.494 e. The summed E-state index contributed by atoms with van der Waals surface area (Å²) in [7, 11) is 1.46. The Balaban J connectivity index is 2.04. The first-order valence-electron chi connectivity index (χ1n) is 5.88. The lowest BCUT2D eigenvalue weighted by Crippen LogP contribution is -2.27. The van der Waals surface area contributed by atoms with Crippen molar-refractivity contribution in [3.05, 3.63) is 35.9 Å². The second kappa shape index (κ2) is 4.42. The predicted molar refractivity (Wildman–Crippen MR) is 65.9 cm³/mol. The highest BCUT2D eigenvalue weighted by atomic mass is 19.1. The molecule has 4 nitrogen and oxygen atoms in total. The molecule has 1 aliphatic heterocycles. The van der Waals surface area contributed by atoms with Crippen molar-refractivity contribution < 1.29 is 9.13 Å². The van der Waals surface area contributed by atoms with Crippen molar-refractivity contribution in [2.45, 2.75) is 13.1 Å². The number of ether oxygens (including phenoxy) is 1. The van der Waals surface area contributed by atoms with E-state index < -0.39 is 0 Å².